The summed E-state index contributed by atoms with van der Waals surface area (Å²) in [6, 6.07) is 0. The predicted octanol–water partition coefficient (Wildman–Crippen LogP) is -0.132. The van der Waals surface area contributed by atoms with E-state index >= 15 is 0 Å². The molecule has 0 aromatic carbocycles. The van der Waals surface area contributed by atoms with Crippen LogP contribution in [0.5, 0.6) is 0 Å². The number of ketones is 1. The number of amides is 2. The first-order chi connectivity index (χ1) is 7.58. The molecule has 0 spiro atoms. The van der Waals surface area contributed by atoms with Crippen LogP contribution >= 0.6 is 11.8 Å². The lowest BCUT2D eigenvalue weighted by molar-refractivity contribution is -0.130. The maximum absolute atomic E-state index is 11.6. The Kier molecular flexibility index (Phi) is 3.00. The van der Waals surface area contributed by atoms with Gasteiger partial charge in [0.2, 0.25) is 11.8 Å². The van der Waals surface area contributed by atoms with Crippen molar-refractivity contribution in [3.63, 3.8) is 0 Å². The van der Waals surface area contributed by atoms with Gasteiger partial charge in [-0.1, -0.05) is 11.8 Å². The lowest BCUT2D eigenvalue weighted by Gasteiger charge is -2.14. The van der Waals surface area contributed by atoms with Crippen molar-refractivity contribution < 1.29 is 14.4 Å². The lowest BCUT2D eigenvalue weighted by Crippen LogP contribution is -2.34. The zero-order valence-electron chi connectivity index (χ0n) is 8.64. The molecule has 1 saturated carbocycles. The molecule has 0 bridgehead atoms. The summed E-state index contributed by atoms with van der Waals surface area (Å²) in [4.78, 5) is 35.1. The van der Waals surface area contributed by atoms with Crippen LogP contribution in [-0.4, -0.2) is 34.8 Å². The average Bonchev–Trinajstić information content (AvgIpc) is 2.99. The monoisotopic (exact) mass is 240 g/mol. The maximum atomic E-state index is 11.6. The van der Waals surface area contributed by atoms with Crippen LogP contribution in [0.4, 0.5) is 0 Å². The van der Waals surface area contributed by atoms with Crippen LogP contribution in [0.15, 0.2) is 11.1 Å². The molecule has 5 nitrogen and oxygen atoms in total. The molecule has 1 heterocycles. The second-order valence-corrected chi connectivity index (χ2v) is 4.89. The van der Waals surface area contributed by atoms with Crippen molar-refractivity contribution in [1.29, 1.82) is 0 Å². The fourth-order valence-electron chi connectivity index (χ4n) is 1.46. The summed E-state index contributed by atoms with van der Waals surface area (Å²) in [7, 11) is 0. The van der Waals surface area contributed by atoms with Crippen molar-refractivity contribution in [2.45, 2.75) is 12.8 Å². The maximum Gasteiger partial charge on any atom is 0.238 e. The Bertz CT molecular complexity index is 388. The average molecular weight is 240 g/mol. The van der Waals surface area contributed by atoms with Gasteiger partial charge < -0.3 is 5.73 Å². The van der Waals surface area contributed by atoms with E-state index in [1.165, 1.54) is 22.7 Å². The Morgan fingerprint density at radius 2 is 2.19 bits per heavy atom. The van der Waals surface area contributed by atoms with E-state index in [9.17, 15) is 14.4 Å². The van der Waals surface area contributed by atoms with Crippen molar-refractivity contribution >= 4 is 29.4 Å². The molecule has 2 rings (SSSR count). The number of carbonyl (C=O) groups is 3. The van der Waals surface area contributed by atoms with Gasteiger partial charge in [0.15, 0.2) is 5.78 Å². The van der Waals surface area contributed by atoms with E-state index in [-0.39, 0.29) is 29.9 Å². The Balaban J connectivity index is 2.09. The zero-order chi connectivity index (χ0) is 11.7. The standard InChI is InChI=1S/C10H12N2O3S/c11-8(14)4-12-9(15)5-16-10(12)3-7(13)6-1-2-6/h3,6H,1-2,4-5H2,(H2,11,14)/b10-3+. The lowest BCUT2D eigenvalue weighted by atomic mass is 10.2. The molecule has 2 amide bonds. The molecule has 16 heavy (non-hydrogen) atoms. The molecule has 2 fully saturated rings. The minimum atomic E-state index is -0.569. The van der Waals surface area contributed by atoms with Crippen LogP contribution in [0.3, 0.4) is 0 Å². The van der Waals surface area contributed by atoms with Gasteiger partial charge in [-0.3, -0.25) is 19.3 Å². The molecule has 2 aliphatic rings. The SMILES string of the molecule is NC(=O)CN1C(=O)CS/C1=C/C(=O)C1CC1. The number of nitrogens with zero attached hydrogens (tertiary/aromatic N) is 1. The molecule has 0 aromatic heterocycles. The molecule has 1 aliphatic heterocycles. The number of thioether (sulfide) groups is 1. The predicted molar refractivity (Wildman–Crippen MR) is 59.2 cm³/mol. The Morgan fingerprint density at radius 1 is 1.50 bits per heavy atom. The third-order valence-electron chi connectivity index (χ3n) is 2.47. The molecular formula is C10H12N2O3S. The van der Waals surface area contributed by atoms with Crippen molar-refractivity contribution in [2.24, 2.45) is 11.7 Å². The molecule has 2 N–H and O–H groups in total. The van der Waals surface area contributed by atoms with Gasteiger partial charge in [0.05, 0.1) is 10.8 Å². The van der Waals surface area contributed by atoms with Gasteiger partial charge in [-0.15, -0.1) is 0 Å². The van der Waals surface area contributed by atoms with Crippen LogP contribution in [0.1, 0.15) is 12.8 Å². The summed E-state index contributed by atoms with van der Waals surface area (Å²) in [5.41, 5.74) is 5.05. The minimum Gasteiger partial charge on any atom is -0.368 e. The normalized spacial score (nSPS) is 22.9. The number of allylic oxidation sites excluding steroid dienone is 1. The van der Waals surface area contributed by atoms with E-state index in [1.54, 1.807) is 0 Å². The highest BCUT2D eigenvalue weighted by molar-refractivity contribution is 8.04. The number of carbonyl (C=O) groups excluding carboxylic acids is 3. The molecule has 0 aromatic rings. The molecule has 1 aliphatic carbocycles. The third kappa shape index (κ3) is 2.44. The number of hydrogen-bond donors (Lipinski definition) is 1. The molecular weight excluding hydrogens is 228 g/mol. The Hall–Kier alpha value is -1.30. The molecule has 6 heteroatoms. The molecule has 86 valence electrons. The Morgan fingerprint density at radius 3 is 2.75 bits per heavy atom. The quantitative estimate of drug-likeness (QED) is 0.694. The van der Waals surface area contributed by atoms with E-state index in [0.717, 1.165) is 12.8 Å². The summed E-state index contributed by atoms with van der Waals surface area (Å²) in [6.45, 7) is -0.143. The highest BCUT2D eigenvalue weighted by Gasteiger charge is 2.32. The van der Waals surface area contributed by atoms with E-state index in [4.69, 9.17) is 5.73 Å². The third-order valence-corrected chi connectivity index (χ3v) is 3.50. The minimum absolute atomic E-state index is 0.0478. The molecule has 1 saturated heterocycles. The first-order valence-corrected chi connectivity index (χ1v) is 6.03. The first-order valence-electron chi connectivity index (χ1n) is 5.05. The molecule has 0 unspecified atom stereocenters. The van der Waals surface area contributed by atoms with Gasteiger partial charge in [0.1, 0.15) is 6.54 Å². The molecule has 0 atom stereocenters. The number of primary amides is 1. The van der Waals surface area contributed by atoms with Gasteiger partial charge in [-0.05, 0) is 12.8 Å². The second-order valence-electron chi connectivity index (χ2n) is 3.89. The fraction of sp³-hybridized carbons (Fsp3) is 0.500. The van der Waals surface area contributed by atoms with Crippen molar-refractivity contribution in [1.82, 2.24) is 4.90 Å². The van der Waals surface area contributed by atoms with Crippen LogP contribution in [0.25, 0.3) is 0 Å². The summed E-state index contributed by atoms with van der Waals surface area (Å²) in [5.74, 6) is -0.290. The second kappa shape index (κ2) is 4.29. The van der Waals surface area contributed by atoms with Crippen LogP contribution < -0.4 is 5.73 Å². The van der Waals surface area contributed by atoms with Crippen LogP contribution in [0, 0.1) is 5.92 Å². The Labute approximate surface area is 97.0 Å². The van der Waals surface area contributed by atoms with Gasteiger partial charge in [0, 0.05) is 12.0 Å². The fourth-order valence-corrected chi connectivity index (χ4v) is 2.41. The zero-order valence-corrected chi connectivity index (χ0v) is 9.46. The van der Waals surface area contributed by atoms with Crippen molar-refractivity contribution in [3.05, 3.63) is 11.1 Å². The summed E-state index contributed by atoms with van der Waals surface area (Å²) >= 11 is 1.28. The number of rotatable bonds is 4. The van der Waals surface area contributed by atoms with Crippen molar-refractivity contribution in [2.75, 3.05) is 12.3 Å². The van der Waals surface area contributed by atoms with Crippen LogP contribution in [0.2, 0.25) is 0 Å². The smallest absolute Gasteiger partial charge is 0.238 e. The first kappa shape index (κ1) is 11.2. The van der Waals surface area contributed by atoms with Gasteiger partial charge in [0.25, 0.3) is 0 Å². The van der Waals surface area contributed by atoms with Gasteiger partial charge >= 0.3 is 0 Å². The van der Waals surface area contributed by atoms with Gasteiger partial charge in [-0.2, -0.15) is 0 Å². The van der Waals surface area contributed by atoms with E-state index in [2.05, 4.69) is 0 Å². The van der Waals surface area contributed by atoms with E-state index < -0.39 is 5.91 Å². The topological polar surface area (TPSA) is 80.5 Å². The van der Waals surface area contributed by atoms with Crippen molar-refractivity contribution in [3.8, 4) is 0 Å². The largest absolute Gasteiger partial charge is 0.368 e. The van der Waals surface area contributed by atoms with E-state index in [1.807, 2.05) is 0 Å². The number of nitrogens with two attached hydrogens (primary N) is 1. The number of hydrogen-bond acceptors (Lipinski definition) is 4. The highest BCUT2D eigenvalue weighted by Crippen LogP contribution is 2.34. The van der Waals surface area contributed by atoms with Crippen LogP contribution in [-0.2, 0) is 14.4 Å². The molecule has 0 radical (unpaired) electrons. The van der Waals surface area contributed by atoms with Gasteiger partial charge in [-0.25, -0.2) is 0 Å². The summed E-state index contributed by atoms with van der Waals surface area (Å²) in [5, 5.41) is 0.556. The highest BCUT2D eigenvalue weighted by atomic mass is 32.2. The van der Waals surface area contributed by atoms with E-state index in [0.29, 0.717) is 5.03 Å². The summed E-state index contributed by atoms with van der Waals surface area (Å²) in [6.07, 6.45) is 3.32. The summed E-state index contributed by atoms with van der Waals surface area (Å²) < 4.78 is 0.